The topological polar surface area (TPSA) is 49.8 Å². The summed E-state index contributed by atoms with van der Waals surface area (Å²) < 4.78 is 5.55. The summed E-state index contributed by atoms with van der Waals surface area (Å²) in [6, 6.07) is 11.5. The van der Waals surface area contributed by atoms with Gasteiger partial charge in [-0.05, 0) is 48.9 Å². The van der Waals surface area contributed by atoms with Crippen molar-refractivity contribution in [2.24, 2.45) is 0 Å². The Bertz CT molecular complexity index is 674. The number of anilines is 1. The zero-order valence-corrected chi connectivity index (χ0v) is 14.1. The molecule has 2 rings (SSSR count). The molecule has 0 heterocycles. The average molecular weight is 354 g/mol. The van der Waals surface area contributed by atoms with Gasteiger partial charge in [0.1, 0.15) is 11.5 Å². The number of aromatic hydroxyl groups is 1. The second-order valence-electron chi connectivity index (χ2n) is 5.00. The van der Waals surface area contributed by atoms with Crippen molar-refractivity contribution in [3.63, 3.8) is 0 Å². The van der Waals surface area contributed by atoms with Gasteiger partial charge in [-0.2, -0.15) is 0 Å². The van der Waals surface area contributed by atoms with Crippen LogP contribution in [0.1, 0.15) is 12.8 Å². The van der Waals surface area contributed by atoms with Crippen molar-refractivity contribution in [3.8, 4) is 11.5 Å². The number of phenolic OH excluding ortho intramolecular Hbond substituents is 1. The monoisotopic (exact) mass is 353 g/mol. The van der Waals surface area contributed by atoms with Gasteiger partial charge in [0.2, 0.25) is 5.91 Å². The Morgan fingerprint density at radius 3 is 2.52 bits per heavy atom. The minimum atomic E-state index is -0.0264. The summed E-state index contributed by atoms with van der Waals surface area (Å²) in [5, 5.41) is 10.3. The molecule has 0 unspecified atom stereocenters. The third kappa shape index (κ3) is 5.05. The molecule has 0 saturated carbocycles. The highest BCUT2D eigenvalue weighted by molar-refractivity contribution is 6.35. The summed E-state index contributed by atoms with van der Waals surface area (Å²) >= 11 is 11.8. The number of rotatable bonds is 6. The molecule has 0 radical (unpaired) electrons. The maximum absolute atomic E-state index is 12.1. The van der Waals surface area contributed by atoms with E-state index in [1.165, 1.54) is 0 Å². The molecule has 0 aliphatic carbocycles. The first-order chi connectivity index (χ1) is 11.0. The molecular formula is C17H17Cl2NO3. The van der Waals surface area contributed by atoms with E-state index in [4.69, 9.17) is 27.9 Å². The predicted molar refractivity (Wildman–Crippen MR) is 92.7 cm³/mol. The molecule has 0 aliphatic heterocycles. The molecular weight excluding hydrogens is 337 g/mol. The Morgan fingerprint density at radius 2 is 1.87 bits per heavy atom. The number of hydrogen-bond acceptors (Lipinski definition) is 3. The molecule has 0 spiro atoms. The van der Waals surface area contributed by atoms with Gasteiger partial charge in [-0.15, -0.1) is 0 Å². The Labute approximate surface area is 145 Å². The van der Waals surface area contributed by atoms with Crippen LogP contribution in [0, 0.1) is 0 Å². The maximum Gasteiger partial charge on any atom is 0.226 e. The minimum absolute atomic E-state index is 0.0264. The highest BCUT2D eigenvalue weighted by Gasteiger charge is 2.11. The second-order valence-corrected chi connectivity index (χ2v) is 5.84. The van der Waals surface area contributed by atoms with Crippen molar-refractivity contribution in [3.05, 3.63) is 52.5 Å². The van der Waals surface area contributed by atoms with Gasteiger partial charge in [0.15, 0.2) is 0 Å². The molecule has 0 aromatic heterocycles. The van der Waals surface area contributed by atoms with E-state index in [2.05, 4.69) is 0 Å². The molecule has 1 N–H and O–H groups in total. The summed E-state index contributed by atoms with van der Waals surface area (Å²) in [6.45, 7) is 0.385. The number of nitrogens with zero attached hydrogens (tertiary/aromatic N) is 1. The van der Waals surface area contributed by atoms with Crippen LogP contribution in [0.15, 0.2) is 42.5 Å². The lowest BCUT2D eigenvalue weighted by Gasteiger charge is -2.17. The number of hydrogen-bond donors (Lipinski definition) is 1. The molecule has 23 heavy (non-hydrogen) atoms. The van der Waals surface area contributed by atoms with E-state index in [0.717, 1.165) is 5.69 Å². The average Bonchev–Trinajstić information content (AvgIpc) is 2.53. The van der Waals surface area contributed by atoms with E-state index in [1.54, 1.807) is 54.4 Å². The van der Waals surface area contributed by atoms with E-state index in [9.17, 15) is 9.90 Å². The normalized spacial score (nSPS) is 10.4. The third-order valence-corrected chi connectivity index (χ3v) is 3.83. The molecule has 4 nitrogen and oxygen atoms in total. The van der Waals surface area contributed by atoms with E-state index in [-0.39, 0.29) is 11.7 Å². The molecule has 0 aliphatic rings. The fourth-order valence-corrected chi connectivity index (χ4v) is 2.45. The Kier molecular flexibility index (Phi) is 6.13. The van der Waals surface area contributed by atoms with Crippen LogP contribution >= 0.6 is 23.2 Å². The van der Waals surface area contributed by atoms with Crippen LogP contribution in [0.2, 0.25) is 10.0 Å². The SMILES string of the molecule is CN(C(=O)CCCOc1ccc(Cl)cc1Cl)c1ccc(O)cc1. The standard InChI is InChI=1S/C17H17Cl2NO3/c1-20(13-5-7-14(21)8-6-13)17(22)3-2-10-23-16-9-4-12(18)11-15(16)19/h4-9,11,21H,2-3,10H2,1H3. The summed E-state index contributed by atoms with van der Waals surface area (Å²) in [4.78, 5) is 13.7. The molecule has 1 amide bonds. The lowest BCUT2D eigenvalue weighted by Crippen LogP contribution is -2.26. The highest BCUT2D eigenvalue weighted by Crippen LogP contribution is 2.27. The van der Waals surface area contributed by atoms with Crippen LogP contribution in [0.4, 0.5) is 5.69 Å². The van der Waals surface area contributed by atoms with Gasteiger partial charge in [-0.25, -0.2) is 0 Å². The van der Waals surface area contributed by atoms with Crippen molar-refractivity contribution in [2.45, 2.75) is 12.8 Å². The molecule has 2 aromatic carbocycles. The van der Waals surface area contributed by atoms with Gasteiger partial charge in [0.05, 0.1) is 11.6 Å². The zero-order chi connectivity index (χ0) is 16.8. The largest absolute Gasteiger partial charge is 0.508 e. The van der Waals surface area contributed by atoms with Gasteiger partial charge in [0.25, 0.3) is 0 Å². The van der Waals surface area contributed by atoms with E-state index in [0.29, 0.717) is 35.2 Å². The first kappa shape index (κ1) is 17.4. The second kappa shape index (κ2) is 8.09. The van der Waals surface area contributed by atoms with Crippen molar-refractivity contribution in [1.82, 2.24) is 0 Å². The van der Waals surface area contributed by atoms with Crippen LogP contribution in [0.5, 0.6) is 11.5 Å². The first-order valence-electron chi connectivity index (χ1n) is 7.11. The molecule has 0 fully saturated rings. The van der Waals surface area contributed by atoms with E-state index in [1.807, 2.05) is 0 Å². The highest BCUT2D eigenvalue weighted by atomic mass is 35.5. The van der Waals surface area contributed by atoms with E-state index < -0.39 is 0 Å². The number of halogens is 2. The summed E-state index contributed by atoms with van der Waals surface area (Å²) in [7, 11) is 1.70. The number of carbonyl (C=O) groups excluding carboxylic acids is 1. The maximum atomic E-state index is 12.1. The Balaban J connectivity index is 1.79. The Hall–Kier alpha value is -1.91. The summed E-state index contributed by atoms with van der Waals surface area (Å²) in [5.41, 5.74) is 0.731. The first-order valence-corrected chi connectivity index (χ1v) is 7.86. The smallest absolute Gasteiger partial charge is 0.226 e. The van der Waals surface area contributed by atoms with Crippen LogP contribution in [-0.2, 0) is 4.79 Å². The Morgan fingerprint density at radius 1 is 1.17 bits per heavy atom. The lowest BCUT2D eigenvalue weighted by atomic mass is 10.2. The zero-order valence-electron chi connectivity index (χ0n) is 12.6. The van der Waals surface area contributed by atoms with Crippen LogP contribution < -0.4 is 9.64 Å². The van der Waals surface area contributed by atoms with Gasteiger partial charge in [-0.1, -0.05) is 23.2 Å². The predicted octanol–water partition coefficient (Wildman–Crippen LogP) is 4.52. The minimum Gasteiger partial charge on any atom is -0.508 e. The van der Waals surface area contributed by atoms with Gasteiger partial charge in [0, 0.05) is 24.2 Å². The van der Waals surface area contributed by atoms with Crippen LogP contribution in [0.3, 0.4) is 0 Å². The van der Waals surface area contributed by atoms with Crippen molar-refractivity contribution >= 4 is 34.8 Å². The third-order valence-electron chi connectivity index (χ3n) is 3.30. The number of phenols is 1. The van der Waals surface area contributed by atoms with Crippen LogP contribution in [-0.4, -0.2) is 24.7 Å². The van der Waals surface area contributed by atoms with Gasteiger partial charge in [-0.3, -0.25) is 4.79 Å². The number of carbonyl (C=O) groups is 1. The number of amides is 1. The fraction of sp³-hybridized carbons (Fsp3) is 0.235. The molecule has 0 bridgehead atoms. The quantitative estimate of drug-likeness (QED) is 0.776. The summed E-state index contributed by atoms with van der Waals surface area (Å²) in [6.07, 6.45) is 0.919. The fourth-order valence-electron chi connectivity index (χ4n) is 1.99. The van der Waals surface area contributed by atoms with Gasteiger partial charge < -0.3 is 14.7 Å². The van der Waals surface area contributed by atoms with Crippen molar-refractivity contribution in [2.75, 3.05) is 18.6 Å². The summed E-state index contributed by atoms with van der Waals surface area (Å²) in [5.74, 6) is 0.694. The van der Waals surface area contributed by atoms with E-state index >= 15 is 0 Å². The van der Waals surface area contributed by atoms with Crippen LogP contribution in [0.25, 0.3) is 0 Å². The lowest BCUT2D eigenvalue weighted by molar-refractivity contribution is -0.118. The van der Waals surface area contributed by atoms with Crippen molar-refractivity contribution in [1.29, 1.82) is 0 Å². The molecule has 2 aromatic rings. The number of ether oxygens (including phenoxy) is 1. The molecule has 0 saturated heterocycles. The number of benzene rings is 2. The molecule has 0 atom stereocenters. The van der Waals surface area contributed by atoms with Crippen molar-refractivity contribution < 1.29 is 14.6 Å². The molecule has 6 heteroatoms. The molecule has 122 valence electrons. The van der Waals surface area contributed by atoms with Gasteiger partial charge >= 0.3 is 0 Å².